The molecule has 0 heterocycles. The molecule has 2 N–H and O–H groups in total. The summed E-state index contributed by atoms with van der Waals surface area (Å²) in [5.74, 6) is -0.0509. The highest BCUT2D eigenvalue weighted by molar-refractivity contribution is 7.93. The van der Waals surface area contributed by atoms with E-state index < -0.39 is 32.5 Å². The first-order valence-corrected chi connectivity index (χ1v) is 14.8. The molecule has 4 rings (SSSR count). The smallest absolute Gasteiger partial charge is 0.264 e. The number of nitrogens with zero attached hydrogens (tertiary/aromatic N) is 1. The predicted octanol–water partition coefficient (Wildman–Crippen LogP) is 4.98. The van der Waals surface area contributed by atoms with Gasteiger partial charge in [-0.15, -0.1) is 0 Å². The van der Waals surface area contributed by atoms with Gasteiger partial charge in [-0.3, -0.25) is 13.8 Å². The maximum atomic E-state index is 13.4. The second-order valence-electron chi connectivity index (χ2n) is 8.21. The average molecular weight is 586 g/mol. The molecule has 4 aromatic carbocycles. The number of hydrogen-bond donors (Lipinski definition) is 2. The average Bonchev–Trinajstić information content (AvgIpc) is 2.92. The van der Waals surface area contributed by atoms with Gasteiger partial charge in [0.2, 0.25) is 5.91 Å². The zero-order valence-corrected chi connectivity index (χ0v) is 23.0. The summed E-state index contributed by atoms with van der Waals surface area (Å²) in [7, 11) is -6.48. The van der Waals surface area contributed by atoms with Crippen molar-refractivity contribution >= 4 is 54.6 Å². The maximum Gasteiger partial charge on any atom is 0.264 e. The van der Waals surface area contributed by atoms with Gasteiger partial charge in [-0.25, -0.2) is 16.8 Å². The summed E-state index contributed by atoms with van der Waals surface area (Å²) in [6, 6.07) is 25.8. The zero-order chi connectivity index (χ0) is 28.0. The van der Waals surface area contributed by atoms with Crippen LogP contribution in [0.2, 0.25) is 5.02 Å². The Morgan fingerprint density at radius 2 is 1.44 bits per heavy atom. The van der Waals surface area contributed by atoms with Gasteiger partial charge < -0.3 is 10.1 Å². The molecule has 0 aliphatic heterocycles. The summed E-state index contributed by atoms with van der Waals surface area (Å²) in [6.07, 6.45) is 0. The second kappa shape index (κ2) is 11.8. The van der Waals surface area contributed by atoms with Crippen LogP contribution in [0.25, 0.3) is 0 Å². The number of hydrogen-bond acceptors (Lipinski definition) is 6. The molecule has 0 aliphatic carbocycles. The molecule has 0 radical (unpaired) electrons. The number of carbonyl (C=O) groups is 1. The first-order chi connectivity index (χ1) is 18.6. The van der Waals surface area contributed by atoms with Crippen molar-refractivity contribution in [3.8, 4) is 5.75 Å². The number of benzene rings is 4. The van der Waals surface area contributed by atoms with Crippen LogP contribution in [0.4, 0.5) is 17.1 Å². The van der Waals surface area contributed by atoms with Crippen molar-refractivity contribution in [2.45, 2.75) is 9.79 Å². The van der Waals surface area contributed by atoms with Crippen LogP contribution in [0.5, 0.6) is 5.75 Å². The minimum absolute atomic E-state index is 0.0108. The Hall–Kier alpha value is -4.06. The van der Waals surface area contributed by atoms with E-state index in [1.807, 2.05) is 0 Å². The van der Waals surface area contributed by atoms with Crippen molar-refractivity contribution in [3.05, 3.63) is 108 Å². The number of anilines is 3. The zero-order valence-electron chi connectivity index (χ0n) is 20.6. The van der Waals surface area contributed by atoms with Crippen LogP contribution in [-0.4, -0.2) is 36.4 Å². The quantitative estimate of drug-likeness (QED) is 0.271. The minimum Gasteiger partial charge on any atom is -0.497 e. The molecule has 0 spiro atoms. The molecular formula is C27H24ClN3O6S2. The van der Waals surface area contributed by atoms with E-state index in [0.29, 0.717) is 16.5 Å². The van der Waals surface area contributed by atoms with Crippen LogP contribution in [0, 0.1) is 0 Å². The van der Waals surface area contributed by atoms with Gasteiger partial charge in [0.05, 0.1) is 22.6 Å². The van der Waals surface area contributed by atoms with Crippen molar-refractivity contribution in [1.82, 2.24) is 0 Å². The molecular weight excluding hydrogens is 562 g/mol. The SMILES string of the molecule is COc1ccc(NS(=O)(=O)c2ccc(NC(=O)CN(c3cccc(Cl)c3)S(=O)(=O)c3ccccc3)cc2)cc1. The summed E-state index contributed by atoms with van der Waals surface area (Å²) in [4.78, 5) is 12.9. The lowest BCUT2D eigenvalue weighted by Gasteiger charge is -2.24. The molecule has 0 saturated heterocycles. The van der Waals surface area contributed by atoms with Crippen LogP contribution >= 0.6 is 11.6 Å². The molecule has 0 atom stereocenters. The first kappa shape index (κ1) is 28.0. The maximum absolute atomic E-state index is 13.4. The number of sulfonamides is 2. The van der Waals surface area contributed by atoms with Gasteiger partial charge in [0.25, 0.3) is 20.0 Å². The van der Waals surface area contributed by atoms with Crippen molar-refractivity contribution in [2.75, 3.05) is 28.0 Å². The van der Waals surface area contributed by atoms with Gasteiger partial charge in [0.15, 0.2) is 0 Å². The highest BCUT2D eigenvalue weighted by atomic mass is 35.5. The fourth-order valence-corrected chi connectivity index (χ4v) is 6.26. The summed E-state index contributed by atoms with van der Waals surface area (Å²) < 4.78 is 60.8. The monoisotopic (exact) mass is 585 g/mol. The van der Waals surface area contributed by atoms with E-state index in [4.69, 9.17) is 16.3 Å². The fraction of sp³-hybridized carbons (Fsp3) is 0.0741. The van der Waals surface area contributed by atoms with Crippen molar-refractivity contribution in [1.29, 1.82) is 0 Å². The summed E-state index contributed by atoms with van der Waals surface area (Å²) in [5.41, 5.74) is 0.855. The van der Waals surface area contributed by atoms with E-state index in [-0.39, 0.29) is 21.2 Å². The third-order valence-electron chi connectivity index (χ3n) is 5.51. The van der Waals surface area contributed by atoms with E-state index in [2.05, 4.69) is 10.0 Å². The highest BCUT2D eigenvalue weighted by Crippen LogP contribution is 2.26. The molecule has 0 fully saturated rings. The summed E-state index contributed by atoms with van der Waals surface area (Å²) >= 11 is 6.09. The molecule has 12 heteroatoms. The Morgan fingerprint density at radius 3 is 2.05 bits per heavy atom. The Morgan fingerprint density at radius 1 is 0.795 bits per heavy atom. The number of rotatable bonds is 10. The lowest BCUT2D eigenvalue weighted by atomic mass is 10.3. The van der Waals surface area contributed by atoms with Gasteiger partial charge in [-0.2, -0.15) is 0 Å². The lowest BCUT2D eigenvalue weighted by Crippen LogP contribution is -2.38. The fourth-order valence-electron chi connectivity index (χ4n) is 3.59. The molecule has 4 aromatic rings. The number of nitrogens with one attached hydrogen (secondary N) is 2. The van der Waals surface area contributed by atoms with Crippen LogP contribution in [0.1, 0.15) is 0 Å². The number of methoxy groups -OCH3 is 1. The van der Waals surface area contributed by atoms with Gasteiger partial charge in [0.1, 0.15) is 12.3 Å². The van der Waals surface area contributed by atoms with Crippen LogP contribution < -0.4 is 19.1 Å². The van der Waals surface area contributed by atoms with Crippen molar-refractivity contribution in [3.63, 3.8) is 0 Å². The van der Waals surface area contributed by atoms with Crippen LogP contribution in [0.3, 0.4) is 0 Å². The van der Waals surface area contributed by atoms with Crippen molar-refractivity contribution < 1.29 is 26.4 Å². The summed E-state index contributed by atoms with van der Waals surface area (Å²) in [5, 5.41) is 2.92. The molecule has 0 bridgehead atoms. The minimum atomic E-state index is -4.10. The Balaban J connectivity index is 1.50. The molecule has 39 heavy (non-hydrogen) atoms. The van der Waals surface area contributed by atoms with Gasteiger partial charge in [-0.05, 0) is 78.9 Å². The van der Waals surface area contributed by atoms with Gasteiger partial charge in [-0.1, -0.05) is 35.9 Å². The molecule has 0 aromatic heterocycles. The number of halogens is 1. The molecule has 0 unspecified atom stereocenters. The topological polar surface area (TPSA) is 122 Å². The van der Waals surface area contributed by atoms with E-state index in [1.54, 1.807) is 54.6 Å². The summed E-state index contributed by atoms with van der Waals surface area (Å²) in [6.45, 7) is -0.545. The largest absolute Gasteiger partial charge is 0.497 e. The molecule has 202 valence electrons. The number of amides is 1. The lowest BCUT2D eigenvalue weighted by molar-refractivity contribution is -0.114. The van der Waals surface area contributed by atoms with E-state index >= 15 is 0 Å². The Bertz CT molecular complexity index is 1660. The van der Waals surface area contributed by atoms with E-state index in [1.165, 1.54) is 55.6 Å². The van der Waals surface area contributed by atoms with Crippen LogP contribution in [-0.2, 0) is 24.8 Å². The standard InChI is InChI=1S/C27H24ClN3O6S2/c1-37-24-14-10-22(11-15-24)30-38(33,34)25-16-12-21(13-17-25)29-27(32)19-31(23-7-5-6-20(28)18-23)39(35,36)26-8-3-2-4-9-26/h2-18,30H,19H2,1H3,(H,29,32). The number of carbonyl (C=O) groups excluding carboxylic acids is 1. The molecule has 9 nitrogen and oxygen atoms in total. The van der Waals surface area contributed by atoms with Gasteiger partial charge in [0, 0.05) is 16.4 Å². The molecule has 1 amide bonds. The third-order valence-corrected chi connectivity index (χ3v) is 8.93. The Labute approximate surface area is 232 Å². The van der Waals surface area contributed by atoms with E-state index in [0.717, 1.165) is 4.31 Å². The van der Waals surface area contributed by atoms with Crippen molar-refractivity contribution in [2.24, 2.45) is 0 Å². The molecule has 0 saturated carbocycles. The third kappa shape index (κ3) is 6.88. The van der Waals surface area contributed by atoms with Gasteiger partial charge >= 0.3 is 0 Å². The normalized spacial score (nSPS) is 11.4. The second-order valence-corrected chi connectivity index (χ2v) is 12.2. The van der Waals surface area contributed by atoms with E-state index in [9.17, 15) is 21.6 Å². The molecule has 0 aliphatic rings. The Kier molecular flexibility index (Phi) is 8.44. The predicted molar refractivity (Wildman–Crippen MR) is 151 cm³/mol. The van der Waals surface area contributed by atoms with Crippen LogP contribution in [0.15, 0.2) is 113 Å². The first-order valence-electron chi connectivity index (χ1n) is 11.5. The highest BCUT2D eigenvalue weighted by Gasteiger charge is 2.27. The number of ether oxygens (including phenoxy) is 1.